The van der Waals surface area contributed by atoms with Crippen LogP contribution in [0.5, 0.6) is 5.75 Å². The quantitative estimate of drug-likeness (QED) is 0.480. The van der Waals surface area contributed by atoms with Crippen LogP contribution in [-0.4, -0.2) is 11.0 Å². The number of hydrogen-bond acceptors (Lipinski definition) is 4. The van der Waals surface area contributed by atoms with Gasteiger partial charge in [-0.1, -0.05) is 72.3 Å². The van der Waals surface area contributed by atoms with Crippen molar-refractivity contribution in [2.75, 3.05) is 0 Å². The third kappa shape index (κ3) is 6.09. The van der Waals surface area contributed by atoms with Crippen LogP contribution in [0.2, 0.25) is 5.02 Å². The van der Waals surface area contributed by atoms with Crippen LogP contribution in [0.15, 0.2) is 84.9 Å². The Bertz CT molecular complexity index is 983. The van der Waals surface area contributed by atoms with Crippen molar-refractivity contribution in [3.05, 3.63) is 101 Å². The molecule has 0 saturated heterocycles. The minimum Gasteiger partial charge on any atom is -0.445 e. The molecule has 6 nitrogen and oxygen atoms in total. The van der Waals surface area contributed by atoms with Crippen molar-refractivity contribution in [1.82, 2.24) is 5.32 Å². The van der Waals surface area contributed by atoms with Crippen molar-refractivity contribution < 1.29 is 23.5 Å². The third-order valence-electron chi connectivity index (χ3n) is 3.96. The second kappa shape index (κ2) is 9.61. The number of hydrogen-bond donors (Lipinski definition) is 2. The summed E-state index contributed by atoms with van der Waals surface area (Å²) in [5.74, 6) is -1.14. The summed E-state index contributed by atoms with van der Waals surface area (Å²) >= 11 is 5.91. The average molecular weight is 432 g/mol. The number of halogens is 1. The lowest BCUT2D eigenvalue weighted by Crippen LogP contribution is -2.30. The summed E-state index contributed by atoms with van der Waals surface area (Å²) in [6.07, 6.45) is -0.847. The van der Waals surface area contributed by atoms with Gasteiger partial charge in [-0.25, -0.2) is 9.36 Å². The van der Waals surface area contributed by atoms with Gasteiger partial charge in [0.25, 0.3) is 0 Å². The average Bonchev–Trinajstić information content (AvgIpc) is 2.72. The maximum absolute atomic E-state index is 13.0. The first-order chi connectivity index (χ1) is 13.9. The van der Waals surface area contributed by atoms with Crippen molar-refractivity contribution in [2.24, 2.45) is 0 Å². The molecule has 0 spiro atoms. The lowest BCUT2D eigenvalue weighted by molar-refractivity contribution is 0.137. The molecule has 0 fully saturated rings. The van der Waals surface area contributed by atoms with Crippen molar-refractivity contribution in [1.29, 1.82) is 0 Å². The summed E-state index contributed by atoms with van der Waals surface area (Å²) < 4.78 is 23.5. The van der Waals surface area contributed by atoms with Crippen molar-refractivity contribution in [3.8, 4) is 5.75 Å². The molecule has 29 heavy (non-hydrogen) atoms. The van der Waals surface area contributed by atoms with E-state index in [9.17, 15) is 14.3 Å². The molecule has 0 bridgehead atoms. The number of alkyl carbamates (subject to hydrolysis) is 1. The molecule has 0 aromatic heterocycles. The summed E-state index contributed by atoms with van der Waals surface area (Å²) in [6, 6.07) is 23.5. The summed E-state index contributed by atoms with van der Waals surface area (Å²) in [4.78, 5) is 22.9. The Morgan fingerprint density at radius 3 is 2.17 bits per heavy atom. The van der Waals surface area contributed by atoms with E-state index in [4.69, 9.17) is 20.9 Å². The van der Waals surface area contributed by atoms with Gasteiger partial charge in [0.1, 0.15) is 12.4 Å². The zero-order valence-corrected chi connectivity index (χ0v) is 16.9. The van der Waals surface area contributed by atoms with E-state index in [-0.39, 0.29) is 12.4 Å². The molecule has 150 valence electrons. The van der Waals surface area contributed by atoms with Crippen LogP contribution < -0.4 is 9.84 Å². The first-order valence-corrected chi connectivity index (χ1v) is 10.8. The predicted octanol–water partition coefficient (Wildman–Crippen LogP) is 5.53. The molecule has 0 aliphatic carbocycles. The number of para-hydroxylation sites is 1. The number of benzene rings is 3. The fraction of sp³-hybridized carbons (Fsp3) is 0.0952. The lowest BCUT2D eigenvalue weighted by atomic mass is 10.2. The number of carbonyl (C=O) groups excluding carboxylic acids is 1. The SMILES string of the molecule is O=C(NC(c1ccc(Cl)cc1)P(=O)(O)Oc1ccccc1)OCc1ccccc1. The molecule has 1 amide bonds. The van der Waals surface area contributed by atoms with Crippen molar-refractivity contribution in [2.45, 2.75) is 12.4 Å². The van der Waals surface area contributed by atoms with E-state index in [2.05, 4.69) is 5.32 Å². The first-order valence-electron chi connectivity index (χ1n) is 8.74. The number of carbonyl (C=O) groups is 1. The minimum atomic E-state index is -4.37. The first kappa shape index (κ1) is 20.9. The highest BCUT2D eigenvalue weighted by molar-refractivity contribution is 7.53. The van der Waals surface area contributed by atoms with Gasteiger partial charge in [0.15, 0.2) is 5.78 Å². The molecule has 0 aliphatic rings. The van der Waals surface area contributed by atoms with Gasteiger partial charge < -0.3 is 19.5 Å². The van der Waals surface area contributed by atoms with Crippen LogP contribution in [0.1, 0.15) is 16.9 Å². The molecule has 3 aromatic rings. The predicted molar refractivity (Wildman–Crippen MR) is 111 cm³/mol. The van der Waals surface area contributed by atoms with Gasteiger partial charge in [-0.05, 0) is 35.4 Å². The van der Waals surface area contributed by atoms with Crippen LogP contribution in [0.25, 0.3) is 0 Å². The van der Waals surface area contributed by atoms with E-state index in [1.165, 1.54) is 0 Å². The minimum absolute atomic E-state index is 0.0231. The Hall–Kier alpha value is -2.79. The molecule has 3 rings (SSSR count). The molecule has 0 saturated carbocycles. The van der Waals surface area contributed by atoms with E-state index < -0.39 is 19.5 Å². The van der Waals surface area contributed by atoms with Gasteiger partial charge in [-0.2, -0.15) is 0 Å². The Labute approximate surface area is 173 Å². The molecule has 2 N–H and O–H groups in total. The van der Waals surface area contributed by atoms with E-state index in [1.54, 1.807) is 66.7 Å². The molecule has 0 heterocycles. The molecular formula is C21H19ClNO5P. The Morgan fingerprint density at radius 1 is 0.966 bits per heavy atom. The molecule has 2 atom stereocenters. The Balaban J connectivity index is 1.78. The highest BCUT2D eigenvalue weighted by Gasteiger charge is 2.37. The fourth-order valence-electron chi connectivity index (χ4n) is 2.56. The Morgan fingerprint density at radius 2 is 1.55 bits per heavy atom. The van der Waals surface area contributed by atoms with Gasteiger partial charge >= 0.3 is 13.7 Å². The molecule has 8 heteroatoms. The standard InChI is InChI=1S/C21H19ClNO5P/c22-18-13-11-17(12-14-18)20(29(25,26)28-19-9-5-2-6-10-19)23-21(24)27-15-16-7-3-1-4-8-16/h1-14,20H,15H2,(H,23,24)(H,25,26). The lowest BCUT2D eigenvalue weighted by Gasteiger charge is -2.24. The number of amides is 1. The van der Waals surface area contributed by atoms with Crippen molar-refractivity contribution in [3.63, 3.8) is 0 Å². The number of ether oxygens (including phenoxy) is 1. The van der Waals surface area contributed by atoms with E-state index in [1.807, 2.05) is 18.2 Å². The largest absolute Gasteiger partial charge is 0.445 e. The zero-order chi connectivity index (χ0) is 20.7. The molecule has 3 aromatic carbocycles. The van der Waals surface area contributed by atoms with E-state index in [0.717, 1.165) is 5.56 Å². The van der Waals surface area contributed by atoms with Crippen LogP contribution in [-0.2, 0) is 15.9 Å². The topological polar surface area (TPSA) is 84.9 Å². The number of rotatable bonds is 7. The second-order valence-electron chi connectivity index (χ2n) is 6.13. The highest BCUT2D eigenvalue weighted by Crippen LogP contribution is 2.54. The molecular weight excluding hydrogens is 413 g/mol. The third-order valence-corrected chi connectivity index (χ3v) is 5.76. The van der Waals surface area contributed by atoms with E-state index in [0.29, 0.717) is 10.6 Å². The molecule has 0 aliphatic heterocycles. The molecule has 2 unspecified atom stereocenters. The van der Waals surface area contributed by atoms with Gasteiger partial charge in [-0.15, -0.1) is 0 Å². The maximum atomic E-state index is 13.0. The van der Waals surface area contributed by atoms with Crippen molar-refractivity contribution >= 4 is 25.3 Å². The smallest absolute Gasteiger partial charge is 0.408 e. The van der Waals surface area contributed by atoms with Crippen LogP contribution in [0.3, 0.4) is 0 Å². The summed E-state index contributed by atoms with van der Waals surface area (Å²) in [7, 11) is -4.37. The zero-order valence-electron chi connectivity index (χ0n) is 15.3. The number of nitrogens with one attached hydrogen (secondary N) is 1. The van der Waals surface area contributed by atoms with Crippen LogP contribution in [0.4, 0.5) is 4.79 Å². The normalized spacial score (nSPS) is 13.7. The highest BCUT2D eigenvalue weighted by atomic mass is 35.5. The maximum Gasteiger partial charge on any atom is 0.408 e. The van der Waals surface area contributed by atoms with Crippen LogP contribution >= 0.6 is 19.2 Å². The van der Waals surface area contributed by atoms with Gasteiger partial charge in [0.05, 0.1) is 0 Å². The van der Waals surface area contributed by atoms with Crippen LogP contribution in [0, 0.1) is 0 Å². The van der Waals surface area contributed by atoms with Gasteiger partial charge in [0.2, 0.25) is 0 Å². The van der Waals surface area contributed by atoms with Gasteiger partial charge in [-0.3, -0.25) is 0 Å². The summed E-state index contributed by atoms with van der Waals surface area (Å²) in [5.41, 5.74) is 1.14. The monoisotopic (exact) mass is 431 g/mol. The summed E-state index contributed by atoms with van der Waals surface area (Å²) in [5, 5.41) is 2.90. The summed E-state index contributed by atoms with van der Waals surface area (Å²) in [6.45, 7) is 0.0231. The van der Waals surface area contributed by atoms with E-state index >= 15 is 0 Å². The van der Waals surface area contributed by atoms with Gasteiger partial charge in [0, 0.05) is 5.02 Å². The molecule has 0 radical (unpaired) electrons. The second-order valence-corrected chi connectivity index (χ2v) is 8.39. The Kier molecular flexibility index (Phi) is 6.94. The fourth-order valence-corrected chi connectivity index (χ4v) is 4.03.